The van der Waals surface area contributed by atoms with E-state index in [0.717, 1.165) is 25.7 Å². The lowest BCUT2D eigenvalue weighted by atomic mass is 9.88. The second-order valence-corrected chi connectivity index (χ2v) is 8.40. The Hall–Kier alpha value is -1.63. The highest BCUT2D eigenvalue weighted by Crippen LogP contribution is 2.34. The number of hydrogen-bond acceptors (Lipinski definition) is 5. The number of alkyl halides is 2. The number of unbranched alkanes of at least 4 members (excludes halogenated alkanes) is 3. The van der Waals surface area contributed by atoms with Crippen LogP contribution in [0.4, 0.5) is 8.78 Å². The Morgan fingerprint density at radius 3 is 2.58 bits per heavy atom. The number of aliphatic hydroxyl groups excluding tert-OH is 1. The first-order valence-electron chi connectivity index (χ1n) is 11.7. The molecule has 0 heterocycles. The van der Waals surface area contributed by atoms with Crippen molar-refractivity contribution in [1.29, 1.82) is 0 Å². The van der Waals surface area contributed by atoms with Gasteiger partial charge in [0.1, 0.15) is 5.78 Å². The summed E-state index contributed by atoms with van der Waals surface area (Å²) in [7, 11) is 0. The Labute approximate surface area is 184 Å². The fourth-order valence-electron chi connectivity index (χ4n) is 4.11. The van der Waals surface area contributed by atoms with Gasteiger partial charge in [0.15, 0.2) is 5.78 Å². The van der Waals surface area contributed by atoms with Crippen LogP contribution in [0.2, 0.25) is 0 Å². The van der Waals surface area contributed by atoms with Crippen molar-refractivity contribution < 1.29 is 33.0 Å². The van der Waals surface area contributed by atoms with Crippen LogP contribution in [-0.2, 0) is 19.1 Å². The number of hydrogen-bond donors (Lipinski definition) is 1. The molecule has 0 aliphatic heterocycles. The molecule has 1 rings (SSSR count). The second kappa shape index (κ2) is 15.2. The van der Waals surface area contributed by atoms with Crippen LogP contribution in [0.1, 0.15) is 84.5 Å². The molecule has 178 valence electrons. The van der Waals surface area contributed by atoms with Crippen LogP contribution in [0, 0.1) is 17.8 Å². The first-order chi connectivity index (χ1) is 14.8. The van der Waals surface area contributed by atoms with E-state index in [0.29, 0.717) is 38.5 Å². The lowest BCUT2D eigenvalue weighted by Gasteiger charge is -2.16. The van der Waals surface area contributed by atoms with Gasteiger partial charge in [-0.15, -0.1) is 0 Å². The third kappa shape index (κ3) is 10.0. The maximum atomic E-state index is 13.1. The summed E-state index contributed by atoms with van der Waals surface area (Å²) >= 11 is 0. The van der Waals surface area contributed by atoms with Gasteiger partial charge in [0.25, 0.3) is 0 Å². The number of allylic oxidation sites excluding steroid dienone is 2. The lowest BCUT2D eigenvalue weighted by molar-refractivity contribution is -0.157. The third-order valence-corrected chi connectivity index (χ3v) is 6.01. The van der Waals surface area contributed by atoms with Gasteiger partial charge in [-0.2, -0.15) is 0 Å². The molecule has 5 nitrogen and oxygen atoms in total. The smallest absolute Gasteiger partial charge is 0.342 e. The molecule has 0 aromatic carbocycles. The quantitative estimate of drug-likeness (QED) is 0.156. The fourth-order valence-corrected chi connectivity index (χ4v) is 4.11. The van der Waals surface area contributed by atoms with E-state index < -0.39 is 30.2 Å². The molecule has 1 saturated carbocycles. The average Bonchev–Trinajstić information content (AvgIpc) is 3.08. The predicted molar refractivity (Wildman–Crippen MR) is 115 cm³/mol. The number of halogens is 2. The maximum Gasteiger partial charge on any atom is 0.342 e. The number of Topliss-reactive ketones (excluding diaryl/α,β-unsaturated/α-hetero) is 2. The van der Waals surface area contributed by atoms with Crippen LogP contribution >= 0.6 is 0 Å². The molecule has 0 spiro atoms. The standard InChI is InChI=1S/C24H38F2O5/c1-3-5-10-18(23(25)26)12-9-11-17-15-16-20(27)19(17)13-7-6-8-14-21(28)22(29)24(30)31-4-2/h9,11,17-19,22-23,29H,3-8,10,12-16H2,1-2H3/t17-,18+,19+,22?/m0/s1. The van der Waals surface area contributed by atoms with Crippen LogP contribution in [0.3, 0.4) is 0 Å². The molecule has 0 aromatic rings. The van der Waals surface area contributed by atoms with E-state index in [1.807, 2.05) is 19.1 Å². The normalized spacial score (nSPS) is 21.0. The summed E-state index contributed by atoms with van der Waals surface area (Å²) in [6.07, 6.45) is 6.41. The lowest BCUT2D eigenvalue weighted by Crippen LogP contribution is -2.31. The summed E-state index contributed by atoms with van der Waals surface area (Å²) in [5.41, 5.74) is 0. The van der Waals surface area contributed by atoms with Gasteiger partial charge < -0.3 is 9.84 Å². The molecule has 1 fully saturated rings. The van der Waals surface area contributed by atoms with E-state index in [1.54, 1.807) is 6.92 Å². The zero-order valence-electron chi connectivity index (χ0n) is 18.9. The number of ketones is 2. The molecule has 7 heteroatoms. The van der Waals surface area contributed by atoms with Gasteiger partial charge in [-0.05, 0) is 44.9 Å². The average molecular weight is 445 g/mol. The van der Waals surface area contributed by atoms with Crippen molar-refractivity contribution in [2.45, 2.75) is 97.0 Å². The summed E-state index contributed by atoms with van der Waals surface area (Å²) in [6, 6.07) is 0. The first kappa shape index (κ1) is 27.4. The van der Waals surface area contributed by atoms with Gasteiger partial charge in [-0.25, -0.2) is 13.6 Å². The van der Waals surface area contributed by atoms with Gasteiger partial charge in [0.2, 0.25) is 12.5 Å². The SMILES string of the molecule is CCCC[C@H](CC=C[C@H]1CCC(=O)[C@@H]1CCCCCC(=O)C(O)C(=O)OCC)C(F)F. The largest absolute Gasteiger partial charge is 0.464 e. The minimum atomic E-state index is -2.32. The molecular weight excluding hydrogens is 406 g/mol. The minimum Gasteiger partial charge on any atom is -0.464 e. The first-order valence-corrected chi connectivity index (χ1v) is 11.7. The van der Waals surface area contributed by atoms with E-state index >= 15 is 0 Å². The van der Waals surface area contributed by atoms with E-state index in [1.165, 1.54) is 0 Å². The van der Waals surface area contributed by atoms with Crippen molar-refractivity contribution in [2.24, 2.45) is 17.8 Å². The molecule has 0 radical (unpaired) electrons. The molecule has 1 unspecified atom stereocenters. The van der Waals surface area contributed by atoms with Crippen LogP contribution < -0.4 is 0 Å². The van der Waals surface area contributed by atoms with Crippen LogP contribution in [0.5, 0.6) is 0 Å². The van der Waals surface area contributed by atoms with Crippen molar-refractivity contribution in [1.82, 2.24) is 0 Å². The molecule has 0 bridgehead atoms. The van der Waals surface area contributed by atoms with Gasteiger partial charge in [0, 0.05) is 24.7 Å². The Morgan fingerprint density at radius 2 is 1.94 bits per heavy atom. The molecule has 1 N–H and O–H groups in total. The number of esters is 1. The Bertz CT molecular complexity index is 591. The monoisotopic (exact) mass is 444 g/mol. The Kier molecular flexibility index (Phi) is 13.5. The third-order valence-electron chi connectivity index (χ3n) is 6.01. The Morgan fingerprint density at radius 1 is 1.19 bits per heavy atom. The van der Waals surface area contributed by atoms with Gasteiger partial charge >= 0.3 is 5.97 Å². The van der Waals surface area contributed by atoms with E-state index in [2.05, 4.69) is 4.74 Å². The highest BCUT2D eigenvalue weighted by Gasteiger charge is 2.32. The highest BCUT2D eigenvalue weighted by molar-refractivity contribution is 6.01. The van der Waals surface area contributed by atoms with Crippen LogP contribution in [0.25, 0.3) is 0 Å². The van der Waals surface area contributed by atoms with E-state index in [9.17, 15) is 28.3 Å². The number of carbonyl (C=O) groups is 3. The van der Waals surface area contributed by atoms with E-state index in [4.69, 9.17) is 0 Å². The summed E-state index contributed by atoms with van der Waals surface area (Å²) in [5.74, 6) is -1.84. The highest BCUT2D eigenvalue weighted by atomic mass is 19.3. The van der Waals surface area contributed by atoms with E-state index in [-0.39, 0.29) is 30.6 Å². The van der Waals surface area contributed by atoms with Gasteiger partial charge in [0.05, 0.1) is 6.61 Å². The van der Waals surface area contributed by atoms with Crippen molar-refractivity contribution >= 4 is 17.5 Å². The molecule has 0 amide bonds. The van der Waals surface area contributed by atoms with Crippen molar-refractivity contribution in [3.8, 4) is 0 Å². The zero-order chi connectivity index (χ0) is 23.2. The van der Waals surface area contributed by atoms with Crippen LogP contribution in [0.15, 0.2) is 12.2 Å². The second-order valence-electron chi connectivity index (χ2n) is 8.40. The number of aliphatic hydroxyl groups is 1. The zero-order valence-corrected chi connectivity index (χ0v) is 18.9. The van der Waals surface area contributed by atoms with Gasteiger partial charge in [-0.3, -0.25) is 9.59 Å². The summed E-state index contributed by atoms with van der Waals surface area (Å²) in [5, 5.41) is 9.60. The number of rotatable bonds is 16. The van der Waals surface area contributed by atoms with Crippen molar-refractivity contribution in [2.75, 3.05) is 6.61 Å². The minimum absolute atomic E-state index is 0.0854. The molecule has 0 aromatic heterocycles. The summed E-state index contributed by atoms with van der Waals surface area (Å²) in [6.45, 7) is 3.70. The Balaban J connectivity index is 2.38. The molecule has 0 saturated heterocycles. The summed E-state index contributed by atoms with van der Waals surface area (Å²) in [4.78, 5) is 35.4. The molecule has 4 atom stereocenters. The maximum absolute atomic E-state index is 13.1. The summed E-state index contributed by atoms with van der Waals surface area (Å²) < 4.78 is 30.9. The number of ether oxygens (including phenoxy) is 1. The van der Waals surface area contributed by atoms with Crippen molar-refractivity contribution in [3.05, 3.63) is 12.2 Å². The fraction of sp³-hybridized carbons (Fsp3) is 0.792. The number of carbonyl (C=O) groups excluding carboxylic acids is 3. The topological polar surface area (TPSA) is 80.7 Å². The van der Waals surface area contributed by atoms with Crippen LogP contribution in [-0.4, -0.2) is 41.8 Å². The molecule has 31 heavy (non-hydrogen) atoms. The molecule has 1 aliphatic rings. The predicted octanol–water partition coefficient (Wildman–Crippen LogP) is 5.04. The molecular formula is C24H38F2O5. The molecule has 1 aliphatic carbocycles. The van der Waals surface area contributed by atoms with Crippen molar-refractivity contribution in [3.63, 3.8) is 0 Å². The van der Waals surface area contributed by atoms with Gasteiger partial charge in [-0.1, -0.05) is 44.8 Å².